The average molecular weight is 312 g/mol. The average Bonchev–Trinajstić information content (AvgIpc) is 3.17. The standard InChI is InChI=1S/C15H16N6O2/c1-2-13(22)18-12-8-21(20-19-12)9-14(23)17-11-5-3-4-10-6-7-16-15(10)11/h3-8,16H,2,9H2,1H3,(H,17,23)(H,18,22). The Morgan fingerprint density at radius 1 is 1.22 bits per heavy atom. The molecular formula is C15H16N6O2. The Morgan fingerprint density at radius 2 is 2.09 bits per heavy atom. The monoisotopic (exact) mass is 312 g/mol. The lowest BCUT2D eigenvalue weighted by molar-refractivity contribution is -0.117. The van der Waals surface area contributed by atoms with Crippen LogP contribution in [0, 0.1) is 0 Å². The minimum atomic E-state index is -0.231. The van der Waals surface area contributed by atoms with E-state index in [4.69, 9.17) is 0 Å². The molecule has 3 aromatic rings. The third-order valence-corrected chi connectivity index (χ3v) is 3.29. The minimum Gasteiger partial charge on any atom is -0.359 e. The van der Waals surface area contributed by atoms with Gasteiger partial charge in [0.05, 0.1) is 17.4 Å². The van der Waals surface area contributed by atoms with Gasteiger partial charge in [-0.2, -0.15) is 0 Å². The Morgan fingerprint density at radius 3 is 2.91 bits per heavy atom. The first-order valence-corrected chi connectivity index (χ1v) is 7.21. The first kappa shape index (κ1) is 14.8. The number of hydrogen-bond acceptors (Lipinski definition) is 4. The summed E-state index contributed by atoms with van der Waals surface area (Å²) in [5, 5.41) is 14.1. The summed E-state index contributed by atoms with van der Waals surface area (Å²) in [4.78, 5) is 26.5. The molecule has 2 heterocycles. The molecule has 0 aliphatic rings. The Kier molecular flexibility index (Phi) is 4.05. The Labute approximate surface area is 131 Å². The molecule has 0 radical (unpaired) electrons. The molecule has 3 rings (SSSR count). The molecule has 0 atom stereocenters. The van der Waals surface area contributed by atoms with E-state index in [1.165, 1.54) is 10.9 Å². The topological polar surface area (TPSA) is 105 Å². The molecule has 8 nitrogen and oxygen atoms in total. The van der Waals surface area contributed by atoms with Crippen LogP contribution in [-0.4, -0.2) is 31.8 Å². The highest BCUT2D eigenvalue weighted by Crippen LogP contribution is 2.21. The highest BCUT2D eigenvalue weighted by molar-refractivity contribution is 6.00. The van der Waals surface area contributed by atoms with E-state index in [-0.39, 0.29) is 18.4 Å². The molecule has 8 heteroatoms. The van der Waals surface area contributed by atoms with Crippen molar-refractivity contribution in [2.24, 2.45) is 0 Å². The number of carbonyl (C=O) groups excluding carboxylic acids is 2. The highest BCUT2D eigenvalue weighted by atomic mass is 16.2. The largest absolute Gasteiger partial charge is 0.359 e. The SMILES string of the molecule is CCC(=O)Nc1cn(CC(=O)Nc2cccc3cc[nH]c23)nn1. The van der Waals surface area contributed by atoms with Crippen molar-refractivity contribution in [3.8, 4) is 0 Å². The second-order valence-corrected chi connectivity index (χ2v) is 5.00. The van der Waals surface area contributed by atoms with Gasteiger partial charge in [-0.1, -0.05) is 24.3 Å². The number of fused-ring (bicyclic) bond motifs is 1. The van der Waals surface area contributed by atoms with E-state index < -0.39 is 0 Å². The number of aromatic amines is 1. The van der Waals surface area contributed by atoms with Crippen molar-refractivity contribution in [1.82, 2.24) is 20.0 Å². The third-order valence-electron chi connectivity index (χ3n) is 3.29. The van der Waals surface area contributed by atoms with Gasteiger partial charge < -0.3 is 15.6 Å². The number of rotatable bonds is 5. The zero-order valence-corrected chi connectivity index (χ0v) is 12.5. The molecule has 23 heavy (non-hydrogen) atoms. The quantitative estimate of drug-likeness (QED) is 0.667. The number of anilines is 2. The van der Waals surface area contributed by atoms with Gasteiger partial charge in [0.2, 0.25) is 11.8 Å². The maximum absolute atomic E-state index is 12.1. The van der Waals surface area contributed by atoms with Gasteiger partial charge in [0.25, 0.3) is 0 Å². The van der Waals surface area contributed by atoms with Crippen molar-refractivity contribution < 1.29 is 9.59 Å². The third kappa shape index (κ3) is 3.37. The summed E-state index contributed by atoms with van der Waals surface area (Å²) in [6.45, 7) is 1.75. The first-order chi connectivity index (χ1) is 11.2. The number of H-pyrrole nitrogens is 1. The maximum atomic E-state index is 12.1. The van der Waals surface area contributed by atoms with Crippen molar-refractivity contribution in [2.75, 3.05) is 10.6 Å². The first-order valence-electron chi connectivity index (χ1n) is 7.21. The summed E-state index contributed by atoms with van der Waals surface area (Å²) in [5.41, 5.74) is 1.58. The van der Waals surface area contributed by atoms with Gasteiger partial charge in [-0.15, -0.1) is 5.10 Å². The number of nitrogens with one attached hydrogen (secondary N) is 3. The Hall–Kier alpha value is -3.16. The van der Waals surface area contributed by atoms with E-state index in [1.54, 1.807) is 6.92 Å². The smallest absolute Gasteiger partial charge is 0.246 e. The lowest BCUT2D eigenvalue weighted by atomic mass is 10.2. The number of carbonyl (C=O) groups is 2. The van der Waals surface area contributed by atoms with Crippen LogP contribution in [0.5, 0.6) is 0 Å². The summed E-state index contributed by atoms with van der Waals surface area (Å²) < 4.78 is 1.37. The van der Waals surface area contributed by atoms with Crippen LogP contribution in [0.2, 0.25) is 0 Å². The highest BCUT2D eigenvalue weighted by Gasteiger charge is 2.10. The molecule has 2 amide bonds. The van der Waals surface area contributed by atoms with Crippen LogP contribution < -0.4 is 10.6 Å². The summed E-state index contributed by atoms with van der Waals surface area (Å²) in [6.07, 6.45) is 3.69. The molecule has 0 saturated carbocycles. The van der Waals surface area contributed by atoms with E-state index in [1.807, 2.05) is 30.5 Å². The summed E-state index contributed by atoms with van der Waals surface area (Å²) in [6, 6.07) is 7.59. The lowest BCUT2D eigenvalue weighted by Gasteiger charge is -2.06. The Bertz CT molecular complexity index is 850. The van der Waals surface area contributed by atoms with Crippen LogP contribution in [0.25, 0.3) is 10.9 Å². The predicted octanol–water partition coefficient (Wildman–Crippen LogP) is 1.75. The lowest BCUT2D eigenvalue weighted by Crippen LogP contribution is -2.19. The molecule has 118 valence electrons. The summed E-state index contributed by atoms with van der Waals surface area (Å²) in [7, 11) is 0. The molecule has 0 saturated heterocycles. The fraction of sp³-hybridized carbons (Fsp3) is 0.200. The number of benzene rings is 1. The second-order valence-electron chi connectivity index (χ2n) is 5.00. The molecule has 0 unspecified atom stereocenters. The van der Waals surface area contributed by atoms with Crippen LogP contribution in [0.3, 0.4) is 0 Å². The molecule has 0 aliphatic heterocycles. The van der Waals surface area contributed by atoms with E-state index >= 15 is 0 Å². The van der Waals surface area contributed by atoms with Crippen LogP contribution in [0.15, 0.2) is 36.7 Å². The van der Waals surface area contributed by atoms with Crippen molar-refractivity contribution in [3.63, 3.8) is 0 Å². The van der Waals surface area contributed by atoms with Gasteiger partial charge in [0.15, 0.2) is 5.82 Å². The second kappa shape index (κ2) is 6.30. The number of nitrogens with zero attached hydrogens (tertiary/aromatic N) is 3. The van der Waals surface area contributed by atoms with Gasteiger partial charge in [-0.3, -0.25) is 9.59 Å². The van der Waals surface area contributed by atoms with Crippen molar-refractivity contribution >= 4 is 34.2 Å². The Balaban J connectivity index is 1.65. The summed E-state index contributed by atoms with van der Waals surface area (Å²) in [5.74, 6) is -0.0542. The van der Waals surface area contributed by atoms with Crippen LogP contribution in [0.4, 0.5) is 11.5 Å². The van der Waals surface area contributed by atoms with Gasteiger partial charge >= 0.3 is 0 Å². The normalized spacial score (nSPS) is 10.7. The molecule has 3 N–H and O–H groups in total. The fourth-order valence-corrected chi connectivity index (χ4v) is 2.19. The van der Waals surface area contributed by atoms with Crippen LogP contribution in [-0.2, 0) is 16.1 Å². The molecule has 0 bridgehead atoms. The van der Waals surface area contributed by atoms with E-state index in [0.717, 1.165) is 10.9 Å². The molecule has 0 fully saturated rings. The number of aromatic nitrogens is 4. The molecule has 0 spiro atoms. The number of amides is 2. The van der Waals surface area contributed by atoms with Gasteiger partial charge in [0, 0.05) is 18.0 Å². The van der Waals surface area contributed by atoms with Crippen molar-refractivity contribution in [1.29, 1.82) is 0 Å². The van der Waals surface area contributed by atoms with Crippen molar-refractivity contribution in [2.45, 2.75) is 19.9 Å². The van der Waals surface area contributed by atoms with Crippen molar-refractivity contribution in [3.05, 3.63) is 36.7 Å². The molecule has 1 aromatic carbocycles. The summed E-state index contributed by atoms with van der Waals surface area (Å²) >= 11 is 0. The van der Waals surface area contributed by atoms with E-state index in [9.17, 15) is 9.59 Å². The van der Waals surface area contributed by atoms with Crippen LogP contribution >= 0.6 is 0 Å². The van der Waals surface area contributed by atoms with E-state index in [2.05, 4.69) is 25.9 Å². The number of para-hydroxylation sites is 1. The molecule has 2 aromatic heterocycles. The van der Waals surface area contributed by atoms with Crippen LogP contribution in [0.1, 0.15) is 13.3 Å². The van der Waals surface area contributed by atoms with Gasteiger partial charge in [0.1, 0.15) is 6.54 Å². The zero-order valence-electron chi connectivity index (χ0n) is 12.5. The van der Waals surface area contributed by atoms with Gasteiger partial charge in [-0.05, 0) is 12.1 Å². The molecule has 0 aliphatic carbocycles. The van der Waals surface area contributed by atoms with E-state index in [0.29, 0.717) is 17.9 Å². The fourth-order valence-electron chi connectivity index (χ4n) is 2.19. The predicted molar refractivity (Wildman–Crippen MR) is 85.9 cm³/mol. The van der Waals surface area contributed by atoms with Gasteiger partial charge in [-0.25, -0.2) is 4.68 Å². The maximum Gasteiger partial charge on any atom is 0.246 e. The zero-order chi connectivity index (χ0) is 16.2. The molecular weight excluding hydrogens is 296 g/mol. The minimum absolute atomic E-state index is 0.00604. The number of hydrogen-bond donors (Lipinski definition) is 3.